The minimum Gasteiger partial charge on any atom is -0.508 e. The van der Waals surface area contributed by atoms with Gasteiger partial charge in [0.1, 0.15) is 35.9 Å². The van der Waals surface area contributed by atoms with E-state index < -0.39 is 17.8 Å². The lowest BCUT2D eigenvalue weighted by molar-refractivity contribution is 0.206. The third-order valence-corrected chi connectivity index (χ3v) is 8.36. The van der Waals surface area contributed by atoms with Crippen LogP contribution in [0, 0.1) is 24.0 Å². The number of nitrogens with two attached hydrogens (primary N) is 2. The number of fused-ring (bicyclic) bond motifs is 3. The third-order valence-electron chi connectivity index (χ3n) is 8.36. The molecule has 0 radical (unpaired) electrons. The van der Waals surface area contributed by atoms with Crippen LogP contribution in [0.2, 0.25) is 0 Å². The third kappa shape index (κ3) is 8.84. The summed E-state index contributed by atoms with van der Waals surface area (Å²) in [5, 5.41) is 14.2. The number of terminal acetylenes is 1. The van der Waals surface area contributed by atoms with E-state index in [4.69, 9.17) is 21.6 Å². The summed E-state index contributed by atoms with van der Waals surface area (Å²) in [6, 6.07) is 5.73. The molecule has 6 N–H and O–H groups in total. The van der Waals surface area contributed by atoms with Crippen LogP contribution >= 0.6 is 0 Å². The van der Waals surface area contributed by atoms with Crippen molar-refractivity contribution in [3.8, 4) is 35.2 Å². The number of benzene rings is 2. The minimum atomic E-state index is -0.811. The number of pyridine rings is 1. The molecule has 47 heavy (non-hydrogen) atoms. The summed E-state index contributed by atoms with van der Waals surface area (Å²) in [4.78, 5) is 14.7. The highest BCUT2D eigenvalue weighted by Gasteiger charge is 2.34. The number of aromatic nitrogens is 1. The number of hydrogen-bond acceptors (Lipinski definition) is 9. The van der Waals surface area contributed by atoms with Gasteiger partial charge in [-0.3, -0.25) is 10.2 Å². The number of rotatable bonds is 2. The van der Waals surface area contributed by atoms with E-state index in [1.807, 2.05) is 0 Å². The van der Waals surface area contributed by atoms with Gasteiger partial charge < -0.3 is 25.2 Å². The number of phenolic OH excluding ortho intramolecular Hbond substituents is 1. The predicted octanol–water partition coefficient (Wildman–Crippen LogP) is 5.20. The van der Waals surface area contributed by atoms with Gasteiger partial charge in [0.15, 0.2) is 5.82 Å². The zero-order valence-corrected chi connectivity index (χ0v) is 26.8. The van der Waals surface area contributed by atoms with E-state index in [0.29, 0.717) is 30.0 Å². The van der Waals surface area contributed by atoms with Crippen molar-refractivity contribution in [1.82, 2.24) is 15.2 Å². The molecule has 2 atom stereocenters. The monoisotopic (exact) mass is 656 g/mol. The smallest absolute Gasteiger partial charge is 0.287 e. The Kier molecular flexibility index (Phi) is 13.1. The average molecular weight is 657 g/mol. The van der Waals surface area contributed by atoms with E-state index in [-0.39, 0.29) is 52.3 Å². The first-order chi connectivity index (χ1) is 22.7. The quantitative estimate of drug-likeness (QED) is 0.127. The Morgan fingerprint density at radius 1 is 1.19 bits per heavy atom. The number of methoxy groups -OCH3 is 1. The number of aliphatic imine (C=N–C) groups is 1. The summed E-state index contributed by atoms with van der Waals surface area (Å²) in [6.07, 6.45) is 12.6. The summed E-state index contributed by atoms with van der Waals surface area (Å²) in [6.45, 7) is 2.78. The lowest BCUT2D eigenvalue weighted by Crippen LogP contribution is -2.22. The Bertz CT molecular complexity index is 1590. The maximum Gasteiger partial charge on any atom is 0.287 e. The number of phenols is 1. The second-order valence-electron chi connectivity index (χ2n) is 11.5. The van der Waals surface area contributed by atoms with Gasteiger partial charge >= 0.3 is 0 Å². The number of hydrogen-bond donors (Lipinski definition) is 4. The van der Waals surface area contributed by atoms with Gasteiger partial charge in [0, 0.05) is 29.1 Å². The van der Waals surface area contributed by atoms with E-state index in [1.165, 1.54) is 51.3 Å². The second kappa shape index (κ2) is 17.2. The van der Waals surface area contributed by atoms with Crippen LogP contribution in [0.1, 0.15) is 56.1 Å². The zero-order valence-electron chi connectivity index (χ0n) is 26.8. The van der Waals surface area contributed by atoms with Gasteiger partial charge in [0.2, 0.25) is 5.88 Å². The molecule has 4 heterocycles. The lowest BCUT2D eigenvalue weighted by atomic mass is 9.95. The van der Waals surface area contributed by atoms with Crippen LogP contribution < -0.4 is 21.7 Å². The second-order valence-corrected chi connectivity index (χ2v) is 11.5. The molecule has 0 spiro atoms. The number of nitrogens with one attached hydrogen (secondary N) is 1. The molecule has 13 heteroatoms. The van der Waals surface area contributed by atoms with Crippen molar-refractivity contribution in [3.05, 3.63) is 47.0 Å². The Balaban J connectivity index is 0.000000348. The Morgan fingerprint density at radius 2 is 1.96 bits per heavy atom. The fraction of sp³-hybridized carbons (Fsp3) is 0.471. The van der Waals surface area contributed by atoms with E-state index >= 15 is 4.39 Å². The van der Waals surface area contributed by atoms with Gasteiger partial charge in [-0.1, -0.05) is 24.8 Å². The van der Waals surface area contributed by atoms with Crippen LogP contribution in [0.4, 0.5) is 18.9 Å². The first-order valence-electron chi connectivity index (χ1n) is 15.7. The fourth-order valence-corrected chi connectivity index (χ4v) is 6.24. The van der Waals surface area contributed by atoms with Gasteiger partial charge in [-0.25, -0.2) is 24.1 Å². The Labute approximate surface area is 273 Å². The highest BCUT2D eigenvalue weighted by Crippen LogP contribution is 2.42. The molecule has 2 aromatic carbocycles. The van der Waals surface area contributed by atoms with E-state index in [2.05, 4.69) is 36.8 Å². The van der Waals surface area contributed by atoms with Gasteiger partial charge in [-0.05, 0) is 75.2 Å². The van der Waals surface area contributed by atoms with Crippen molar-refractivity contribution in [2.24, 2.45) is 16.6 Å². The number of aromatic hydroxyl groups is 1. The zero-order chi connectivity index (χ0) is 33.9. The molecule has 3 aromatic rings. The molecule has 0 saturated carbocycles. The van der Waals surface area contributed by atoms with Crippen LogP contribution in [0.15, 0.2) is 29.3 Å². The number of ether oxygens (including phenoxy) is 2. The van der Waals surface area contributed by atoms with Crippen LogP contribution in [0.25, 0.3) is 22.0 Å². The van der Waals surface area contributed by atoms with Gasteiger partial charge in [-0.15, -0.1) is 6.42 Å². The highest BCUT2D eigenvalue weighted by molar-refractivity contribution is 6.01. The molecule has 3 aliphatic heterocycles. The van der Waals surface area contributed by atoms with E-state index in [0.717, 1.165) is 45.2 Å². The number of alkyl halides is 1. The molecule has 1 aromatic heterocycles. The topological polar surface area (TPSA) is 140 Å². The first kappa shape index (κ1) is 35.8. The summed E-state index contributed by atoms with van der Waals surface area (Å²) >= 11 is 0. The van der Waals surface area contributed by atoms with Gasteiger partial charge in [-0.2, -0.15) is 4.99 Å². The van der Waals surface area contributed by atoms with Crippen LogP contribution in [-0.2, 0) is 16.0 Å². The van der Waals surface area contributed by atoms with E-state index in [1.54, 1.807) is 0 Å². The first-order valence-corrected chi connectivity index (χ1v) is 15.7. The molecule has 0 aliphatic carbocycles. The molecule has 10 nitrogen and oxygen atoms in total. The summed E-state index contributed by atoms with van der Waals surface area (Å²) < 4.78 is 54.2. The fourth-order valence-electron chi connectivity index (χ4n) is 6.24. The molecule has 2 unspecified atom stereocenters. The molecule has 2 saturated heterocycles. The van der Waals surface area contributed by atoms with Crippen molar-refractivity contribution in [3.63, 3.8) is 0 Å². The van der Waals surface area contributed by atoms with Crippen LogP contribution in [0.3, 0.4) is 0 Å². The maximum absolute atomic E-state index is 16.2. The van der Waals surface area contributed by atoms with Crippen molar-refractivity contribution >= 4 is 22.5 Å². The van der Waals surface area contributed by atoms with Crippen molar-refractivity contribution in [1.29, 1.82) is 0 Å². The summed E-state index contributed by atoms with van der Waals surface area (Å²) in [5.74, 6) is 5.22. The molecule has 254 valence electrons. The summed E-state index contributed by atoms with van der Waals surface area (Å²) in [5.41, 5.74) is 5.99. The largest absolute Gasteiger partial charge is 0.508 e. The van der Waals surface area contributed by atoms with Crippen molar-refractivity contribution < 1.29 is 32.6 Å². The van der Waals surface area contributed by atoms with Crippen molar-refractivity contribution in [2.45, 2.75) is 63.6 Å². The molecular weight excluding hydrogens is 613 g/mol. The standard InChI is InChI=1S/C26H26F2N4O3.C7H12FN.CH5NO/c1-3-17-20(27)10-9-15-12-16(33)13-19(21(15)17)24-22(28)23(32-26(29)34-2)18-8-6-4-5-7-11-30-14-35-25(18)31-24;8-6-4-7-2-1-3-9(7)5-6;1-3-2/h1,9-10,12-13,30,33H,4-8,11,14H2,2H3,(H2,29,31,32);6-7H,1-5H2;2H2,1H3. The highest BCUT2D eigenvalue weighted by atomic mass is 19.1. The molecule has 2 fully saturated rings. The number of halogens is 3. The Hall–Kier alpha value is -4.09. The van der Waals surface area contributed by atoms with Gasteiger partial charge in [0.25, 0.3) is 6.02 Å². The normalized spacial score (nSPS) is 19.9. The van der Waals surface area contributed by atoms with Crippen LogP contribution in [-0.4, -0.2) is 73.8 Å². The summed E-state index contributed by atoms with van der Waals surface area (Å²) in [7, 11) is 2.73. The Morgan fingerprint density at radius 3 is 2.68 bits per heavy atom. The number of amidine groups is 1. The molecular formula is C34H43F3N6O4. The molecule has 3 aliphatic rings. The molecule has 0 amide bonds. The predicted molar refractivity (Wildman–Crippen MR) is 176 cm³/mol. The average Bonchev–Trinajstić information content (AvgIpc) is 3.62. The van der Waals surface area contributed by atoms with Gasteiger partial charge in [0.05, 0.1) is 19.8 Å². The number of nitrogens with zero attached hydrogens (tertiary/aromatic N) is 3. The maximum atomic E-state index is 16.2. The SMILES string of the molecule is C#Cc1c(F)ccc2cc(O)cc(-c3nc4c(c(N=C(N)OC)c3F)CCCCCCNCO4)c12.CON.FC1CC2CCCN2C1. The van der Waals surface area contributed by atoms with Crippen LogP contribution in [0.5, 0.6) is 11.6 Å². The van der Waals surface area contributed by atoms with E-state index in [9.17, 15) is 13.9 Å². The molecule has 0 bridgehead atoms. The lowest BCUT2D eigenvalue weighted by Gasteiger charge is -2.18. The molecule has 6 rings (SSSR count). The van der Waals surface area contributed by atoms with Crippen molar-refractivity contribution in [2.75, 3.05) is 40.6 Å². The minimum absolute atomic E-state index is 0.0701.